The molecule has 5 heteroatoms. The number of aromatic nitrogens is 1. The van der Waals surface area contributed by atoms with Crippen molar-refractivity contribution in [3.8, 4) is 0 Å². The lowest BCUT2D eigenvalue weighted by Crippen LogP contribution is -2.01. The maximum absolute atomic E-state index is 10.6. The molecule has 1 aromatic rings. The van der Waals surface area contributed by atoms with E-state index in [1.165, 1.54) is 12.3 Å². The van der Waals surface area contributed by atoms with E-state index in [9.17, 15) is 4.79 Å². The lowest BCUT2D eigenvalue weighted by molar-refractivity contribution is 0.0690. The minimum Gasteiger partial charge on any atom is -0.476 e. The second-order valence-corrected chi connectivity index (χ2v) is 2.95. The van der Waals surface area contributed by atoms with Crippen molar-refractivity contribution in [1.82, 2.24) is 4.98 Å². The first-order valence-corrected chi connectivity index (χ1v) is 4.28. The fourth-order valence-electron chi connectivity index (χ4n) is 0.905. The molecular formula is C9H9ClN2O2. The molecule has 14 heavy (non-hydrogen) atoms. The van der Waals surface area contributed by atoms with Crippen LogP contribution in [0.4, 0.5) is 0 Å². The highest BCUT2D eigenvalue weighted by Crippen LogP contribution is 2.15. The monoisotopic (exact) mass is 212 g/mol. The zero-order valence-corrected chi connectivity index (χ0v) is 8.03. The maximum atomic E-state index is 10.6. The van der Waals surface area contributed by atoms with Gasteiger partial charge in [-0.05, 0) is 11.6 Å². The van der Waals surface area contributed by atoms with Crippen LogP contribution in [0.1, 0.15) is 16.1 Å². The Labute approximate surface area is 86.0 Å². The zero-order chi connectivity index (χ0) is 10.6. The van der Waals surface area contributed by atoms with Crippen molar-refractivity contribution in [2.24, 2.45) is 5.73 Å². The number of aromatic carboxylic acids is 1. The van der Waals surface area contributed by atoms with Crippen molar-refractivity contribution in [1.29, 1.82) is 0 Å². The Kier molecular flexibility index (Phi) is 3.62. The summed E-state index contributed by atoms with van der Waals surface area (Å²) in [5, 5.41) is 8.77. The number of hydrogen-bond donors (Lipinski definition) is 2. The third-order valence-electron chi connectivity index (χ3n) is 1.51. The predicted octanol–water partition coefficient (Wildman–Crippen LogP) is 1.41. The fourth-order valence-corrected chi connectivity index (χ4v) is 1.16. The Morgan fingerprint density at radius 1 is 1.71 bits per heavy atom. The van der Waals surface area contributed by atoms with Gasteiger partial charge in [0.25, 0.3) is 0 Å². The number of nitrogens with zero attached hydrogens (tertiary/aromatic N) is 1. The highest BCUT2D eigenvalue weighted by molar-refractivity contribution is 6.33. The van der Waals surface area contributed by atoms with Gasteiger partial charge < -0.3 is 10.8 Å². The van der Waals surface area contributed by atoms with Crippen LogP contribution in [0.5, 0.6) is 0 Å². The maximum Gasteiger partial charge on any atom is 0.356 e. The van der Waals surface area contributed by atoms with Gasteiger partial charge in [-0.3, -0.25) is 0 Å². The molecular weight excluding hydrogens is 204 g/mol. The Hall–Kier alpha value is -1.39. The molecule has 0 saturated carbocycles. The lowest BCUT2D eigenvalue weighted by Gasteiger charge is -1.98. The minimum absolute atomic E-state index is 0.122. The number of carboxylic acid groups (broad SMARTS) is 1. The van der Waals surface area contributed by atoms with Crippen molar-refractivity contribution in [3.05, 3.63) is 34.6 Å². The molecule has 0 aliphatic carbocycles. The summed E-state index contributed by atoms with van der Waals surface area (Å²) in [4.78, 5) is 14.3. The number of carbonyl (C=O) groups is 1. The summed E-state index contributed by atoms with van der Waals surface area (Å²) >= 11 is 5.69. The van der Waals surface area contributed by atoms with Gasteiger partial charge in [0, 0.05) is 12.7 Å². The van der Waals surface area contributed by atoms with E-state index < -0.39 is 5.97 Å². The van der Waals surface area contributed by atoms with Crippen LogP contribution in [0.15, 0.2) is 18.3 Å². The molecule has 0 fully saturated rings. The van der Waals surface area contributed by atoms with Crippen LogP contribution in [0.3, 0.4) is 0 Å². The van der Waals surface area contributed by atoms with Crippen molar-refractivity contribution >= 4 is 23.6 Å². The van der Waals surface area contributed by atoms with Crippen molar-refractivity contribution in [2.45, 2.75) is 0 Å². The molecule has 1 heterocycles. The van der Waals surface area contributed by atoms with Crippen molar-refractivity contribution < 1.29 is 9.90 Å². The molecule has 0 aliphatic heterocycles. The van der Waals surface area contributed by atoms with Crippen LogP contribution in [0.2, 0.25) is 5.02 Å². The Balaban J connectivity index is 3.00. The second kappa shape index (κ2) is 4.74. The summed E-state index contributed by atoms with van der Waals surface area (Å²) in [6, 6.07) is 1.53. The third-order valence-corrected chi connectivity index (χ3v) is 1.80. The normalized spacial score (nSPS) is 10.7. The first-order valence-electron chi connectivity index (χ1n) is 3.90. The van der Waals surface area contributed by atoms with Gasteiger partial charge in [-0.1, -0.05) is 23.8 Å². The molecule has 1 rings (SSSR count). The van der Waals surface area contributed by atoms with Gasteiger partial charge in [-0.25, -0.2) is 9.78 Å². The molecule has 74 valence electrons. The average molecular weight is 213 g/mol. The molecule has 0 aliphatic rings. The van der Waals surface area contributed by atoms with Gasteiger partial charge in [-0.15, -0.1) is 0 Å². The Morgan fingerprint density at radius 3 is 2.93 bits per heavy atom. The molecule has 4 nitrogen and oxygen atoms in total. The molecule has 0 radical (unpaired) electrons. The van der Waals surface area contributed by atoms with E-state index in [0.29, 0.717) is 6.54 Å². The largest absolute Gasteiger partial charge is 0.476 e. The topological polar surface area (TPSA) is 76.2 Å². The van der Waals surface area contributed by atoms with E-state index in [1.807, 2.05) is 0 Å². The van der Waals surface area contributed by atoms with Gasteiger partial charge >= 0.3 is 5.97 Å². The highest BCUT2D eigenvalue weighted by Gasteiger charge is 2.09. The first kappa shape index (κ1) is 10.7. The fraction of sp³-hybridized carbons (Fsp3) is 0.111. The second-order valence-electron chi connectivity index (χ2n) is 2.54. The molecule has 0 atom stereocenters. The van der Waals surface area contributed by atoms with Gasteiger partial charge in [0.1, 0.15) is 0 Å². The smallest absolute Gasteiger partial charge is 0.356 e. The van der Waals surface area contributed by atoms with Gasteiger partial charge in [-0.2, -0.15) is 0 Å². The predicted molar refractivity (Wildman–Crippen MR) is 54.3 cm³/mol. The lowest BCUT2D eigenvalue weighted by atomic mass is 10.2. The van der Waals surface area contributed by atoms with Crippen LogP contribution < -0.4 is 5.73 Å². The van der Waals surface area contributed by atoms with Gasteiger partial charge in [0.15, 0.2) is 5.69 Å². The van der Waals surface area contributed by atoms with Crippen LogP contribution in [-0.4, -0.2) is 22.6 Å². The van der Waals surface area contributed by atoms with E-state index in [-0.39, 0.29) is 10.7 Å². The summed E-state index contributed by atoms with van der Waals surface area (Å²) in [6.45, 7) is 0.415. The molecule has 0 amide bonds. The highest BCUT2D eigenvalue weighted by atomic mass is 35.5. The van der Waals surface area contributed by atoms with E-state index in [0.717, 1.165) is 5.56 Å². The summed E-state index contributed by atoms with van der Waals surface area (Å²) in [6.07, 6.45) is 4.89. The van der Waals surface area contributed by atoms with E-state index in [1.54, 1.807) is 12.2 Å². The van der Waals surface area contributed by atoms with E-state index in [4.69, 9.17) is 22.4 Å². The third kappa shape index (κ3) is 2.55. The van der Waals surface area contributed by atoms with E-state index >= 15 is 0 Å². The minimum atomic E-state index is -1.13. The molecule has 0 saturated heterocycles. The summed E-state index contributed by atoms with van der Waals surface area (Å²) < 4.78 is 0. The molecule has 1 aromatic heterocycles. The molecule has 0 unspecified atom stereocenters. The molecule has 3 N–H and O–H groups in total. The summed E-state index contributed by atoms with van der Waals surface area (Å²) in [7, 11) is 0. The summed E-state index contributed by atoms with van der Waals surface area (Å²) in [5.41, 5.74) is 5.84. The van der Waals surface area contributed by atoms with Crippen LogP contribution >= 0.6 is 11.6 Å². The van der Waals surface area contributed by atoms with Crippen LogP contribution in [0.25, 0.3) is 6.08 Å². The molecule has 0 aromatic carbocycles. The van der Waals surface area contributed by atoms with Gasteiger partial charge in [0.05, 0.1) is 5.02 Å². The van der Waals surface area contributed by atoms with Crippen LogP contribution in [0, 0.1) is 0 Å². The number of rotatable bonds is 3. The quantitative estimate of drug-likeness (QED) is 0.794. The van der Waals surface area contributed by atoms with Crippen molar-refractivity contribution in [2.75, 3.05) is 6.54 Å². The zero-order valence-electron chi connectivity index (χ0n) is 7.27. The van der Waals surface area contributed by atoms with Crippen LogP contribution in [-0.2, 0) is 0 Å². The number of nitrogens with two attached hydrogens (primary N) is 1. The van der Waals surface area contributed by atoms with Gasteiger partial charge in [0.2, 0.25) is 0 Å². The number of hydrogen-bond acceptors (Lipinski definition) is 3. The standard InChI is InChI=1S/C9H9ClN2O2/c10-7-4-6(2-1-3-11)5-12-8(7)9(13)14/h1-2,4-5H,3,11H2,(H,13,14). The number of pyridine rings is 1. The van der Waals surface area contributed by atoms with Crippen molar-refractivity contribution in [3.63, 3.8) is 0 Å². The Bertz CT molecular complexity index is 377. The number of halogens is 1. The Morgan fingerprint density at radius 2 is 2.43 bits per heavy atom. The summed E-state index contributed by atoms with van der Waals surface area (Å²) in [5.74, 6) is -1.13. The van der Waals surface area contributed by atoms with E-state index in [2.05, 4.69) is 4.98 Å². The SMILES string of the molecule is NCC=Cc1cnc(C(=O)O)c(Cl)c1. The average Bonchev–Trinajstić information content (AvgIpc) is 2.14. The first-order chi connectivity index (χ1) is 6.65. The number of carboxylic acids is 1. The molecule has 0 bridgehead atoms. The molecule has 0 spiro atoms.